The number of methoxy groups -OCH3 is 1. The number of likely N-dealkylation sites (tertiary alicyclic amines) is 1. The molecule has 67 heavy (non-hydrogen) atoms. The van der Waals surface area contributed by atoms with Gasteiger partial charge in [0.1, 0.15) is 25.2 Å². The van der Waals surface area contributed by atoms with Gasteiger partial charge in [0.25, 0.3) is 5.91 Å². The lowest BCUT2D eigenvalue weighted by molar-refractivity contribution is -0.155. The molecule has 4 unspecified atom stereocenters. The summed E-state index contributed by atoms with van der Waals surface area (Å²) in [6, 6.07) is 16.1. The Kier molecular flexibility index (Phi) is 16.9. The molecule has 2 fully saturated rings. The molecule has 3 amide bonds. The fraction of sp³-hybridized carbons (Fsp3) is 0.500. The summed E-state index contributed by atoms with van der Waals surface area (Å²) in [4.78, 5) is 70.9. The lowest BCUT2D eigenvalue weighted by Crippen LogP contribution is -2.62. The zero-order valence-corrected chi connectivity index (χ0v) is 40.3. The number of alkyl halides is 1. The van der Waals surface area contributed by atoms with Gasteiger partial charge in [-0.15, -0.1) is 0 Å². The SMILES string of the molecule is C=CC(=O)N1CCC(C=O)C1.CCn1c(-c2cccnc2C(C)OC)c2c3cc(ccc31)-c1cccc(c1)CC(NC(=O)C(C(C)C)N(C)CF)C(=O)N1CCC[C@H](N1)C(=O)OCC(C)(C)C2. The number of nitrogens with one attached hydrogen (secondary N) is 2. The number of aldehydes is 1. The van der Waals surface area contributed by atoms with Gasteiger partial charge in [-0.2, -0.15) is 0 Å². The fourth-order valence-corrected chi connectivity index (χ4v) is 9.56. The Morgan fingerprint density at radius 3 is 2.52 bits per heavy atom. The van der Waals surface area contributed by atoms with Crippen molar-refractivity contribution in [3.8, 4) is 22.4 Å². The molecule has 0 aliphatic carbocycles. The van der Waals surface area contributed by atoms with Crippen LogP contribution >= 0.6 is 0 Å². The molecule has 360 valence electrons. The highest BCUT2D eigenvalue weighted by Crippen LogP contribution is 2.42. The van der Waals surface area contributed by atoms with Crippen LogP contribution in [-0.4, -0.2) is 120 Å². The largest absolute Gasteiger partial charge is 0.464 e. The van der Waals surface area contributed by atoms with Crippen molar-refractivity contribution < 1.29 is 37.8 Å². The zero-order chi connectivity index (χ0) is 48.6. The molecule has 7 rings (SSSR count). The van der Waals surface area contributed by atoms with Gasteiger partial charge in [0.05, 0.1) is 30.1 Å². The van der Waals surface area contributed by atoms with Crippen LogP contribution in [0.5, 0.6) is 0 Å². The molecule has 2 N–H and O–H groups in total. The minimum atomic E-state index is -0.981. The Balaban J connectivity index is 0.000000591. The summed E-state index contributed by atoms with van der Waals surface area (Å²) in [5, 5.41) is 5.50. The summed E-state index contributed by atoms with van der Waals surface area (Å²) in [6.07, 6.45) is 6.42. The van der Waals surface area contributed by atoms with Gasteiger partial charge in [0, 0.05) is 73.7 Å². The number of carbonyl (C=O) groups excluding carboxylic acids is 5. The van der Waals surface area contributed by atoms with E-state index in [2.05, 4.69) is 79.1 Å². The number of nitrogens with zero attached hydrogens (tertiary/aromatic N) is 5. The molecule has 2 aromatic heterocycles. The lowest BCUT2D eigenvalue weighted by atomic mass is 9.84. The first-order chi connectivity index (χ1) is 32.0. The van der Waals surface area contributed by atoms with E-state index in [-0.39, 0.29) is 42.8 Å². The highest BCUT2D eigenvalue weighted by molar-refractivity contribution is 5.96. The summed E-state index contributed by atoms with van der Waals surface area (Å²) in [7, 11) is 3.25. The van der Waals surface area contributed by atoms with Gasteiger partial charge in [0.15, 0.2) is 0 Å². The number of hydrogen-bond acceptors (Lipinski definition) is 10. The number of aryl methyl sites for hydroxylation is 1. The Bertz CT molecular complexity index is 2430. The molecule has 2 aromatic carbocycles. The molecular weight excluding hydrogens is 854 g/mol. The number of carbonyl (C=O) groups is 5. The van der Waals surface area contributed by atoms with E-state index in [0.717, 1.165) is 69.4 Å². The van der Waals surface area contributed by atoms with Crippen LogP contribution < -0.4 is 10.7 Å². The van der Waals surface area contributed by atoms with Gasteiger partial charge >= 0.3 is 5.97 Å². The molecular formula is C52H68FN7O7. The second-order valence-electron chi connectivity index (χ2n) is 19.1. The molecule has 2 saturated heterocycles. The van der Waals surface area contributed by atoms with Crippen molar-refractivity contribution >= 4 is 40.9 Å². The summed E-state index contributed by atoms with van der Waals surface area (Å²) in [6.45, 7) is 17.1. The number of aromatic nitrogens is 2. The van der Waals surface area contributed by atoms with Crippen LogP contribution in [0, 0.1) is 17.3 Å². The molecule has 6 bridgehead atoms. The van der Waals surface area contributed by atoms with E-state index in [9.17, 15) is 28.4 Å². The summed E-state index contributed by atoms with van der Waals surface area (Å²) in [5.74, 6) is -1.48. The molecule has 0 spiro atoms. The smallest absolute Gasteiger partial charge is 0.324 e. The average molecular weight is 922 g/mol. The molecule has 3 aliphatic heterocycles. The van der Waals surface area contributed by atoms with Crippen LogP contribution in [0.1, 0.15) is 83.7 Å². The van der Waals surface area contributed by atoms with E-state index >= 15 is 0 Å². The third-order valence-corrected chi connectivity index (χ3v) is 13.1. The predicted molar refractivity (Wildman–Crippen MR) is 257 cm³/mol. The molecule has 5 heterocycles. The predicted octanol–water partition coefficient (Wildman–Crippen LogP) is 6.85. The monoisotopic (exact) mass is 922 g/mol. The Labute approximate surface area is 394 Å². The number of rotatable bonds is 11. The van der Waals surface area contributed by atoms with Crippen LogP contribution in [0.3, 0.4) is 0 Å². The van der Waals surface area contributed by atoms with Crippen LogP contribution in [0.2, 0.25) is 0 Å². The molecule has 4 aromatic rings. The second kappa shape index (κ2) is 22.4. The number of hydrazine groups is 1. The molecule has 5 atom stereocenters. The van der Waals surface area contributed by atoms with Crippen molar-refractivity contribution in [2.45, 2.75) is 104 Å². The van der Waals surface area contributed by atoms with Crippen molar-refractivity contribution in [1.82, 2.24) is 35.1 Å². The third kappa shape index (κ3) is 11.7. The van der Waals surface area contributed by atoms with Crippen molar-refractivity contribution in [3.05, 3.63) is 90.3 Å². The van der Waals surface area contributed by atoms with E-state index in [1.165, 1.54) is 16.0 Å². The van der Waals surface area contributed by atoms with Crippen molar-refractivity contribution in [2.24, 2.45) is 17.3 Å². The first kappa shape index (κ1) is 50.6. The van der Waals surface area contributed by atoms with Crippen molar-refractivity contribution in [2.75, 3.05) is 47.2 Å². The minimum Gasteiger partial charge on any atom is -0.464 e. The van der Waals surface area contributed by atoms with Crippen LogP contribution in [0.15, 0.2) is 73.4 Å². The van der Waals surface area contributed by atoms with Gasteiger partial charge in [-0.05, 0) is 105 Å². The Morgan fingerprint density at radius 1 is 1.09 bits per heavy atom. The summed E-state index contributed by atoms with van der Waals surface area (Å²) >= 11 is 0. The van der Waals surface area contributed by atoms with E-state index in [4.69, 9.17) is 14.5 Å². The van der Waals surface area contributed by atoms with Gasteiger partial charge in [0.2, 0.25) is 11.8 Å². The number of benzene rings is 2. The molecule has 0 radical (unpaired) electrons. The van der Waals surface area contributed by atoms with Gasteiger partial charge in [-0.3, -0.25) is 34.1 Å². The van der Waals surface area contributed by atoms with Crippen LogP contribution in [-0.2, 0) is 52.8 Å². The van der Waals surface area contributed by atoms with Gasteiger partial charge < -0.3 is 29.1 Å². The maximum absolute atomic E-state index is 14.3. The summed E-state index contributed by atoms with van der Waals surface area (Å²) in [5.41, 5.74) is 10.6. The van der Waals surface area contributed by atoms with Crippen molar-refractivity contribution in [1.29, 1.82) is 0 Å². The first-order valence-corrected chi connectivity index (χ1v) is 23.4. The quantitative estimate of drug-likeness (QED) is 0.0707. The number of esters is 1. The minimum absolute atomic E-state index is 0.0406. The number of hydrogen-bond donors (Lipinski definition) is 2. The van der Waals surface area contributed by atoms with Crippen LogP contribution in [0.4, 0.5) is 4.39 Å². The lowest BCUT2D eigenvalue weighted by Gasteiger charge is -2.36. The first-order valence-electron chi connectivity index (χ1n) is 23.4. The molecule has 0 saturated carbocycles. The molecule has 14 nitrogen and oxygen atoms in total. The number of pyridine rings is 1. The normalized spacial score (nSPS) is 20.7. The molecule has 3 aliphatic rings. The van der Waals surface area contributed by atoms with E-state index in [0.29, 0.717) is 38.9 Å². The number of ether oxygens (including phenoxy) is 2. The fourth-order valence-electron chi connectivity index (χ4n) is 9.56. The topological polar surface area (TPSA) is 155 Å². The number of cyclic esters (lactones) is 1. The van der Waals surface area contributed by atoms with Gasteiger partial charge in [-0.1, -0.05) is 64.6 Å². The zero-order valence-electron chi connectivity index (χ0n) is 40.3. The maximum atomic E-state index is 14.3. The number of likely N-dealkylation sites (N-methyl/N-ethyl adjacent to an activating group) is 1. The highest BCUT2D eigenvalue weighted by Gasteiger charge is 2.37. The summed E-state index contributed by atoms with van der Waals surface area (Å²) < 4.78 is 28.0. The molecule has 15 heteroatoms. The van der Waals surface area contributed by atoms with Gasteiger partial charge in [-0.25, -0.2) is 9.82 Å². The average Bonchev–Trinajstić information content (AvgIpc) is 3.94. The van der Waals surface area contributed by atoms with E-state index in [1.54, 1.807) is 25.3 Å². The number of amides is 3. The van der Waals surface area contributed by atoms with E-state index in [1.807, 2.05) is 39.0 Å². The van der Waals surface area contributed by atoms with Crippen molar-refractivity contribution in [3.63, 3.8) is 0 Å². The Hall–Kier alpha value is -5.77. The second-order valence-corrected chi connectivity index (χ2v) is 19.1. The number of halogens is 1. The maximum Gasteiger partial charge on any atom is 0.324 e. The van der Waals surface area contributed by atoms with E-state index < -0.39 is 42.2 Å². The Morgan fingerprint density at radius 2 is 1.85 bits per heavy atom. The number of fused-ring (bicyclic) bond motifs is 6. The third-order valence-electron chi connectivity index (χ3n) is 13.1. The standard InChI is InChI=1S/C44H57FN6O5.C8H11NO2/c1-9-50-37-18-17-31-23-33(37)34(40(50)32-15-11-19-46-38(32)28(4)55-8)24-44(5,6)25-56-43(54)35-16-12-20-51(48-35)42(53)36(22-29-13-10-14-30(31)21-29)47-41(52)39(27(2)3)49(7)26-45;1-2-8(11)9-4-3-7(5-9)6-10/h10-11,13-15,17-19,21,23,27-28,35-36,39,48H,9,12,16,20,22,24-26H2,1-8H3,(H,47,52);2,6-7H,1,3-5H2/t28?,35-,36?,39?;/m0./s1. The van der Waals surface area contributed by atoms with Crippen LogP contribution in [0.25, 0.3) is 33.3 Å². The highest BCUT2D eigenvalue weighted by atomic mass is 19.1.